The molecule has 7 fully saturated rings. The van der Waals surface area contributed by atoms with Crippen LogP contribution in [-0.4, -0.2) is 92.0 Å². The second kappa shape index (κ2) is 15.7. The van der Waals surface area contributed by atoms with E-state index in [2.05, 4.69) is 43.2 Å². The van der Waals surface area contributed by atoms with Crippen molar-refractivity contribution in [3.8, 4) is 0 Å². The van der Waals surface area contributed by atoms with Crippen LogP contribution in [0.1, 0.15) is 139 Å². The van der Waals surface area contributed by atoms with Gasteiger partial charge >= 0.3 is 0 Å². The molecule has 1 N–H and O–H groups in total. The summed E-state index contributed by atoms with van der Waals surface area (Å²) in [5, 5.41) is 9.60. The van der Waals surface area contributed by atoms with E-state index in [-0.39, 0.29) is 42.3 Å². The van der Waals surface area contributed by atoms with Crippen LogP contribution in [-0.2, 0) is 33.2 Å². The van der Waals surface area contributed by atoms with E-state index < -0.39 is 23.1 Å². The number of aliphatic hydroxyl groups is 1. The van der Waals surface area contributed by atoms with Gasteiger partial charge in [0.05, 0.1) is 44.7 Å². The van der Waals surface area contributed by atoms with Crippen LogP contribution < -0.4 is 0 Å². The summed E-state index contributed by atoms with van der Waals surface area (Å²) < 4.78 is 42.3. The molecule has 0 aromatic carbocycles. The Morgan fingerprint density at radius 2 is 0.878 bits per heavy atom. The molecule has 0 amide bonds. The molecule has 0 aromatic rings. The summed E-state index contributed by atoms with van der Waals surface area (Å²) in [7, 11) is 8.43. The highest BCUT2D eigenvalue weighted by atomic mass is 127. The molecule has 8 nitrogen and oxygen atoms in total. The van der Waals surface area contributed by atoms with Gasteiger partial charge in [-0.25, -0.2) is 0 Å². The van der Waals surface area contributed by atoms with Gasteiger partial charge < -0.3 is 38.3 Å². The van der Waals surface area contributed by atoms with E-state index in [4.69, 9.17) is 33.2 Å². The van der Waals surface area contributed by atoms with E-state index >= 15 is 0 Å². The van der Waals surface area contributed by atoms with Crippen molar-refractivity contribution in [1.82, 2.24) is 0 Å². The third kappa shape index (κ3) is 13.2. The maximum Gasteiger partial charge on any atom is 0.163 e. The number of hydrogen-bond acceptors (Lipinski definition) is 12. The minimum Gasteiger partial charge on any atom is -0.366 e. The summed E-state index contributed by atoms with van der Waals surface area (Å²) in [5.74, 6) is -2.21. The van der Waals surface area contributed by atoms with Gasteiger partial charge in [0.2, 0.25) is 0 Å². The lowest BCUT2D eigenvalue weighted by molar-refractivity contribution is -0.176. The quantitative estimate of drug-likeness (QED) is 0.0654. The summed E-state index contributed by atoms with van der Waals surface area (Å²) in [4.78, 5) is 0. The van der Waals surface area contributed by atoms with E-state index in [9.17, 15) is 5.11 Å². The molecule has 0 bridgehead atoms. The normalized spacial score (nSPS) is 32.9. The molecule has 3 heterocycles. The monoisotopic (exact) mass is 878 g/mol. The van der Waals surface area contributed by atoms with E-state index in [0.717, 1.165) is 45.5 Å². The average molecular weight is 879 g/mol. The summed E-state index contributed by atoms with van der Waals surface area (Å²) in [6.45, 7) is 18.3. The molecule has 3 saturated heterocycles. The van der Waals surface area contributed by atoms with Gasteiger partial charge in [0, 0.05) is 19.0 Å². The van der Waals surface area contributed by atoms with E-state index in [1.807, 2.05) is 41.5 Å². The fourth-order valence-corrected chi connectivity index (χ4v) is 14.6. The summed E-state index contributed by atoms with van der Waals surface area (Å²) in [5.41, 5.74) is 0. The van der Waals surface area contributed by atoms with Crippen LogP contribution >= 0.6 is 67.2 Å². The lowest BCUT2D eigenvalue weighted by Gasteiger charge is -2.24. The van der Waals surface area contributed by atoms with Crippen LogP contribution in [0.25, 0.3) is 0 Å². The van der Waals surface area contributed by atoms with Crippen LogP contribution in [0.4, 0.5) is 0 Å². The fraction of sp³-hybridized carbons (Fsp3) is 1.00. The molecule has 1 unspecified atom stereocenters. The maximum absolute atomic E-state index is 9.60. The molecule has 0 radical (unpaired) electrons. The summed E-state index contributed by atoms with van der Waals surface area (Å²) >= 11 is 0. The van der Waals surface area contributed by atoms with Crippen LogP contribution in [0.15, 0.2) is 0 Å². The van der Waals surface area contributed by atoms with Crippen molar-refractivity contribution >= 4 is 67.2 Å². The predicted octanol–water partition coefficient (Wildman–Crippen LogP) is 9.63. The SMILES string of the molecule is CC(C)(O)OCCCC1(SSC2(CC3COC(C)(C)O3)CC2)CC1.CC1(C)OC[C@H](CC2(SSC3(C[C@H]4COC(C)(C)O4)CC3)CC2)O1.I. The zero-order valence-corrected chi connectivity index (χ0v) is 36.7. The Morgan fingerprint density at radius 3 is 1.12 bits per heavy atom. The van der Waals surface area contributed by atoms with Gasteiger partial charge in [-0.2, -0.15) is 0 Å². The largest absolute Gasteiger partial charge is 0.366 e. The second-order valence-electron chi connectivity index (χ2n) is 17.4. The Labute approximate surface area is 329 Å². The lowest BCUT2D eigenvalue weighted by Crippen LogP contribution is -2.25. The van der Waals surface area contributed by atoms with Crippen LogP contribution in [0, 0.1) is 0 Å². The zero-order chi connectivity index (χ0) is 34.5. The van der Waals surface area contributed by atoms with Crippen molar-refractivity contribution in [3.63, 3.8) is 0 Å². The second-order valence-corrected chi connectivity index (χ2v) is 23.6. The molecule has 7 rings (SSSR count). The van der Waals surface area contributed by atoms with E-state index in [1.165, 1.54) is 57.8 Å². The summed E-state index contributed by atoms with van der Waals surface area (Å²) in [6, 6.07) is 0. The average Bonchev–Trinajstić information content (AvgIpc) is 3.86. The maximum atomic E-state index is 9.60. The molecule has 286 valence electrons. The first kappa shape index (κ1) is 42.0. The smallest absolute Gasteiger partial charge is 0.163 e. The molecule has 7 aliphatic rings. The van der Waals surface area contributed by atoms with Crippen molar-refractivity contribution in [2.24, 2.45) is 0 Å². The zero-order valence-electron chi connectivity index (χ0n) is 31.1. The molecular weight excluding hydrogens is 816 g/mol. The molecule has 0 spiro atoms. The first-order valence-electron chi connectivity index (χ1n) is 18.4. The number of ether oxygens (including phenoxy) is 7. The summed E-state index contributed by atoms with van der Waals surface area (Å²) in [6.07, 6.45) is 16.9. The molecular formula is C36H63IO8S4. The first-order chi connectivity index (χ1) is 22.3. The van der Waals surface area contributed by atoms with Gasteiger partial charge in [0.1, 0.15) is 0 Å². The van der Waals surface area contributed by atoms with Gasteiger partial charge in [-0.15, -0.1) is 24.0 Å². The Hall–Kier alpha value is 1.81. The number of rotatable bonds is 17. The third-order valence-corrected chi connectivity index (χ3v) is 18.9. The van der Waals surface area contributed by atoms with Crippen molar-refractivity contribution in [2.45, 2.75) is 199 Å². The highest BCUT2D eigenvalue weighted by Crippen LogP contribution is 2.67. The predicted molar refractivity (Wildman–Crippen MR) is 214 cm³/mol. The minimum atomic E-state index is -1.01. The molecule has 13 heteroatoms. The first-order valence-corrected chi connectivity index (χ1v) is 22.7. The standard InChI is InChI=1S/C18H30O4S2.C18H32O4S2.HI/c1-15(2)19-11-13(21-15)9-17(5-6-17)23-24-18(7-8-18)10-14-12-20-16(3,4)22-14;1-15(2,19)20-11-5-6-17(7-8-17)23-24-18(9-10-18)12-14-13-21-16(3,4)22-14;/h13-14H,5-12H2,1-4H3;14,19H,5-13H2,1-4H3;1H/t13-,14-;;/m0../s1. The van der Waals surface area contributed by atoms with Gasteiger partial charge in [-0.05, 0) is 139 Å². The Bertz CT molecular complexity index is 1060. The molecule has 3 atom stereocenters. The van der Waals surface area contributed by atoms with Crippen LogP contribution in [0.5, 0.6) is 0 Å². The van der Waals surface area contributed by atoms with Crippen LogP contribution in [0.2, 0.25) is 0 Å². The number of hydrogen-bond donors (Lipinski definition) is 1. The Kier molecular flexibility index (Phi) is 13.5. The van der Waals surface area contributed by atoms with Gasteiger partial charge in [-0.1, -0.05) is 43.2 Å². The van der Waals surface area contributed by atoms with Gasteiger partial charge in [-0.3, -0.25) is 0 Å². The van der Waals surface area contributed by atoms with Crippen LogP contribution in [0.3, 0.4) is 0 Å². The Morgan fingerprint density at radius 1 is 0.571 bits per heavy atom. The minimum absolute atomic E-state index is 0. The fourth-order valence-electron chi connectivity index (χ4n) is 6.80. The molecule has 0 aromatic heterocycles. The topological polar surface area (TPSA) is 84.8 Å². The molecule has 3 aliphatic heterocycles. The molecule has 49 heavy (non-hydrogen) atoms. The lowest BCUT2D eigenvalue weighted by atomic mass is 10.2. The number of halogens is 1. The van der Waals surface area contributed by atoms with Crippen molar-refractivity contribution in [3.05, 3.63) is 0 Å². The van der Waals surface area contributed by atoms with E-state index in [0.29, 0.717) is 25.6 Å². The third-order valence-electron chi connectivity index (χ3n) is 10.3. The Balaban J connectivity index is 0.000000187. The van der Waals surface area contributed by atoms with Crippen molar-refractivity contribution < 1.29 is 38.3 Å². The highest BCUT2D eigenvalue weighted by Gasteiger charge is 2.54. The van der Waals surface area contributed by atoms with Crippen molar-refractivity contribution in [1.29, 1.82) is 0 Å². The molecule has 4 saturated carbocycles. The van der Waals surface area contributed by atoms with E-state index in [1.54, 1.807) is 13.8 Å². The molecule has 4 aliphatic carbocycles. The van der Waals surface area contributed by atoms with Gasteiger partial charge in [0.25, 0.3) is 0 Å². The van der Waals surface area contributed by atoms with Crippen molar-refractivity contribution in [2.75, 3.05) is 26.4 Å². The van der Waals surface area contributed by atoms with Gasteiger partial charge in [0.15, 0.2) is 23.1 Å². The highest BCUT2D eigenvalue weighted by molar-refractivity contribution is 14.0.